The van der Waals surface area contributed by atoms with Gasteiger partial charge in [0.25, 0.3) is 0 Å². The molecule has 1 aliphatic heterocycles. The third-order valence-electron chi connectivity index (χ3n) is 4.05. The Morgan fingerprint density at radius 2 is 1.88 bits per heavy atom. The number of nitrogens with two attached hydrogens (primary N) is 1. The van der Waals surface area contributed by atoms with Crippen molar-refractivity contribution >= 4 is 0 Å². The molecule has 0 bridgehead atoms. The molecule has 0 atom stereocenters. The van der Waals surface area contributed by atoms with Crippen LogP contribution in [0.3, 0.4) is 0 Å². The molecule has 1 saturated heterocycles. The fourth-order valence-electron chi connectivity index (χ4n) is 2.09. The van der Waals surface area contributed by atoms with E-state index < -0.39 is 0 Å². The van der Waals surface area contributed by atoms with Crippen LogP contribution < -0.4 is 5.73 Å². The molecule has 1 rings (SSSR count). The summed E-state index contributed by atoms with van der Waals surface area (Å²) in [6.07, 6.45) is 1.20. The van der Waals surface area contributed by atoms with Crippen LogP contribution in [0.15, 0.2) is 0 Å². The lowest BCUT2D eigenvalue weighted by Crippen LogP contribution is -2.57. The van der Waals surface area contributed by atoms with Crippen LogP contribution >= 0.6 is 0 Å². The third kappa shape index (κ3) is 3.72. The summed E-state index contributed by atoms with van der Waals surface area (Å²) < 4.78 is 0. The maximum absolute atomic E-state index is 5.77. The van der Waals surface area contributed by atoms with Gasteiger partial charge < -0.3 is 10.6 Å². The van der Waals surface area contributed by atoms with Crippen LogP contribution in [0.5, 0.6) is 0 Å². The Kier molecular flexibility index (Phi) is 4.38. The molecule has 1 aliphatic rings. The first kappa shape index (κ1) is 13.9. The van der Waals surface area contributed by atoms with Crippen molar-refractivity contribution in [2.45, 2.75) is 39.7 Å². The first-order valence-corrected chi connectivity index (χ1v) is 6.40. The van der Waals surface area contributed by atoms with Gasteiger partial charge in [-0.25, -0.2) is 0 Å². The van der Waals surface area contributed by atoms with Crippen LogP contribution in [0.2, 0.25) is 0 Å². The van der Waals surface area contributed by atoms with E-state index in [-0.39, 0.29) is 5.41 Å². The topological polar surface area (TPSA) is 32.5 Å². The second-order valence-electron chi connectivity index (χ2n) is 6.63. The molecule has 1 fully saturated rings. The van der Waals surface area contributed by atoms with Crippen molar-refractivity contribution in [2.24, 2.45) is 11.1 Å². The fourth-order valence-corrected chi connectivity index (χ4v) is 2.09. The fraction of sp³-hybridized carbons (Fsp3) is 1.00. The number of hydrogen-bond acceptors (Lipinski definition) is 3. The summed E-state index contributed by atoms with van der Waals surface area (Å²) >= 11 is 0. The summed E-state index contributed by atoms with van der Waals surface area (Å²) in [6, 6.07) is 0. The van der Waals surface area contributed by atoms with Crippen molar-refractivity contribution in [2.75, 3.05) is 39.8 Å². The van der Waals surface area contributed by atoms with Gasteiger partial charge >= 0.3 is 0 Å². The quantitative estimate of drug-likeness (QED) is 0.788. The van der Waals surface area contributed by atoms with E-state index in [2.05, 4.69) is 44.5 Å². The van der Waals surface area contributed by atoms with Crippen LogP contribution in [0.25, 0.3) is 0 Å². The minimum atomic E-state index is 0.285. The highest BCUT2D eigenvalue weighted by atomic mass is 15.3. The van der Waals surface area contributed by atoms with Gasteiger partial charge in [-0.1, -0.05) is 13.8 Å². The number of hydrogen-bond donors (Lipinski definition) is 1. The van der Waals surface area contributed by atoms with Crippen LogP contribution in [0, 0.1) is 5.41 Å². The Bertz CT molecular complexity index is 223. The Balaban J connectivity index is 2.40. The van der Waals surface area contributed by atoms with Gasteiger partial charge in [0.05, 0.1) is 0 Å². The minimum absolute atomic E-state index is 0.285. The number of piperazine rings is 1. The standard InChI is InChI=1S/C13H29N3/c1-12(2,10-14)6-7-16-9-8-15(5)13(3,4)11-16/h6-11,14H2,1-5H3. The molecule has 2 N–H and O–H groups in total. The van der Waals surface area contributed by atoms with Crippen molar-refractivity contribution in [3.05, 3.63) is 0 Å². The normalized spacial score (nSPS) is 23.6. The van der Waals surface area contributed by atoms with Gasteiger partial charge in [-0.3, -0.25) is 4.90 Å². The first-order chi connectivity index (χ1) is 7.27. The minimum Gasteiger partial charge on any atom is -0.330 e. The van der Waals surface area contributed by atoms with Crippen molar-refractivity contribution in [3.8, 4) is 0 Å². The number of likely N-dealkylation sites (N-methyl/N-ethyl adjacent to an activating group) is 1. The molecule has 0 aromatic heterocycles. The van der Waals surface area contributed by atoms with Crippen LogP contribution in [0.4, 0.5) is 0 Å². The summed E-state index contributed by atoms with van der Waals surface area (Å²) in [5.41, 5.74) is 6.37. The highest BCUT2D eigenvalue weighted by molar-refractivity contribution is 4.88. The molecule has 0 aliphatic carbocycles. The van der Waals surface area contributed by atoms with E-state index in [1.165, 1.54) is 32.6 Å². The molecule has 0 aromatic rings. The monoisotopic (exact) mass is 227 g/mol. The van der Waals surface area contributed by atoms with E-state index in [0.29, 0.717) is 5.54 Å². The van der Waals surface area contributed by atoms with Gasteiger partial charge in [0.15, 0.2) is 0 Å². The number of rotatable bonds is 4. The van der Waals surface area contributed by atoms with Crippen molar-refractivity contribution in [3.63, 3.8) is 0 Å². The average molecular weight is 227 g/mol. The van der Waals surface area contributed by atoms with E-state index in [4.69, 9.17) is 5.73 Å². The SMILES string of the molecule is CN1CCN(CCC(C)(C)CN)CC1(C)C. The highest BCUT2D eigenvalue weighted by Gasteiger charge is 2.31. The predicted molar refractivity (Wildman–Crippen MR) is 70.6 cm³/mol. The average Bonchev–Trinajstić information content (AvgIpc) is 2.20. The van der Waals surface area contributed by atoms with Gasteiger partial charge in [0.1, 0.15) is 0 Å². The molecule has 0 saturated carbocycles. The summed E-state index contributed by atoms with van der Waals surface area (Å²) in [7, 11) is 2.22. The van der Waals surface area contributed by atoms with E-state index >= 15 is 0 Å². The molecule has 1 heterocycles. The largest absolute Gasteiger partial charge is 0.330 e. The Morgan fingerprint density at radius 3 is 2.38 bits per heavy atom. The molecule has 0 unspecified atom stereocenters. The van der Waals surface area contributed by atoms with Crippen LogP contribution in [0.1, 0.15) is 34.1 Å². The van der Waals surface area contributed by atoms with Gasteiger partial charge in [0, 0.05) is 25.2 Å². The van der Waals surface area contributed by atoms with Crippen molar-refractivity contribution in [1.82, 2.24) is 9.80 Å². The molecule has 96 valence electrons. The molecule has 0 spiro atoms. The van der Waals surface area contributed by atoms with Crippen molar-refractivity contribution < 1.29 is 0 Å². The smallest absolute Gasteiger partial charge is 0.0277 e. The first-order valence-electron chi connectivity index (χ1n) is 6.40. The summed E-state index contributed by atoms with van der Waals surface area (Å²) in [5.74, 6) is 0. The van der Waals surface area contributed by atoms with Gasteiger partial charge in [-0.15, -0.1) is 0 Å². The molecule has 3 heteroatoms. The molecule has 3 nitrogen and oxygen atoms in total. The molecular weight excluding hydrogens is 198 g/mol. The summed E-state index contributed by atoms with van der Waals surface area (Å²) in [4.78, 5) is 5.04. The van der Waals surface area contributed by atoms with E-state index in [1.807, 2.05) is 0 Å². The second kappa shape index (κ2) is 5.03. The lowest BCUT2D eigenvalue weighted by Gasteiger charge is -2.46. The third-order valence-corrected chi connectivity index (χ3v) is 4.05. The zero-order valence-electron chi connectivity index (χ0n) is 11.7. The Labute approximate surface area is 101 Å². The Morgan fingerprint density at radius 1 is 1.25 bits per heavy atom. The van der Waals surface area contributed by atoms with Gasteiger partial charge in [0.2, 0.25) is 0 Å². The van der Waals surface area contributed by atoms with Crippen molar-refractivity contribution in [1.29, 1.82) is 0 Å². The van der Waals surface area contributed by atoms with E-state index in [9.17, 15) is 0 Å². The van der Waals surface area contributed by atoms with Crippen LogP contribution in [-0.2, 0) is 0 Å². The van der Waals surface area contributed by atoms with Crippen LogP contribution in [-0.4, -0.2) is 55.1 Å². The highest BCUT2D eigenvalue weighted by Crippen LogP contribution is 2.22. The summed E-state index contributed by atoms with van der Waals surface area (Å²) in [6.45, 7) is 14.7. The molecule has 0 aromatic carbocycles. The molecule has 16 heavy (non-hydrogen) atoms. The molecular formula is C13H29N3. The number of nitrogens with zero attached hydrogens (tertiary/aromatic N) is 2. The Hall–Kier alpha value is -0.120. The lowest BCUT2D eigenvalue weighted by molar-refractivity contribution is 0.0346. The molecule has 0 radical (unpaired) electrons. The molecule has 0 amide bonds. The zero-order valence-corrected chi connectivity index (χ0v) is 11.7. The zero-order chi connectivity index (χ0) is 12.4. The van der Waals surface area contributed by atoms with E-state index in [0.717, 1.165) is 6.54 Å². The van der Waals surface area contributed by atoms with E-state index in [1.54, 1.807) is 0 Å². The van der Waals surface area contributed by atoms with Gasteiger partial charge in [-0.05, 0) is 45.8 Å². The maximum atomic E-state index is 5.77. The predicted octanol–water partition coefficient (Wildman–Crippen LogP) is 1.39. The van der Waals surface area contributed by atoms with Gasteiger partial charge in [-0.2, -0.15) is 0 Å². The summed E-state index contributed by atoms with van der Waals surface area (Å²) in [5, 5.41) is 0. The maximum Gasteiger partial charge on any atom is 0.0277 e. The second-order valence-corrected chi connectivity index (χ2v) is 6.63. The lowest BCUT2D eigenvalue weighted by atomic mass is 9.89.